The fourth-order valence-electron chi connectivity index (χ4n) is 5.05. The number of fused-ring (bicyclic) bond motifs is 2. The van der Waals surface area contributed by atoms with Crippen LogP contribution in [0.25, 0.3) is 16.6 Å². The maximum Gasteiger partial charge on any atom is 0.321 e. The fourth-order valence-corrected chi connectivity index (χ4v) is 5.05. The Balaban J connectivity index is 1.40. The lowest BCUT2D eigenvalue weighted by Gasteiger charge is -2.30. The van der Waals surface area contributed by atoms with Crippen LogP contribution in [-0.4, -0.2) is 46.8 Å². The molecule has 2 amide bonds. The summed E-state index contributed by atoms with van der Waals surface area (Å²) in [6, 6.07) is 14.6. The number of carbonyl (C=O) groups excluding carboxylic acids is 2. The van der Waals surface area contributed by atoms with Crippen LogP contribution in [0.1, 0.15) is 24.9 Å². The lowest BCUT2D eigenvalue weighted by atomic mass is 9.98. The molecule has 1 fully saturated rings. The van der Waals surface area contributed by atoms with E-state index in [2.05, 4.69) is 10.4 Å². The Kier molecular flexibility index (Phi) is 5.93. The van der Waals surface area contributed by atoms with Crippen LogP contribution >= 0.6 is 0 Å². The van der Waals surface area contributed by atoms with Crippen LogP contribution in [0.4, 0.5) is 18.9 Å². The summed E-state index contributed by atoms with van der Waals surface area (Å²) >= 11 is 0. The molecule has 3 heterocycles. The largest absolute Gasteiger partial charge is 0.486 e. The molecule has 0 radical (unpaired) electrons. The van der Waals surface area contributed by atoms with E-state index in [1.807, 2.05) is 0 Å². The lowest BCUT2D eigenvalue weighted by Crippen LogP contribution is -2.46. The Morgan fingerprint density at radius 2 is 1.72 bits per heavy atom. The van der Waals surface area contributed by atoms with E-state index < -0.39 is 23.9 Å². The van der Waals surface area contributed by atoms with Crippen LogP contribution in [0.3, 0.4) is 0 Å². The highest BCUT2D eigenvalue weighted by Gasteiger charge is 2.45. The van der Waals surface area contributed by atoms with E-state index in [1.165, 1.54) is 17.0 Å². The van der Waals surface area contributed by atoms with E-state index in [0.717, 1.165) is 5.52 Å². The Bertz CT molecular complexity index is 1580. The third kappa shape index (κ3) is 4.53. The van der Waals surface area contributed by atoms with Gasteiger partial charge in [0.2, 0.25) is 5.91 Å². The highest BCUT2D eigenvalue weighted by atomic mass is 19.3. The second-order valence-corrected chi connectivity index (χ2v) is 9.56. The Morgan fingerprint density at radius 3 is 2.46 bits per heavy atom. The summed E-state index contributed by atoms with van der Waals surface area (Å²) in [5.74, 6) is -4.76. The number of amides is 2. The molecule has 1 unspecified atom stereocenters. The Hall–Kier alpha value is -4.54. The van der Waals surface area contributed by atoms with E-state index >= 15 is 0 Å². The number of rotatable bonds is 5. The average Bonchev–Trinajstić information content (AvgIpc) is 3.48. The van der Waals surface area contributed by atoms with Gasteiger partial charge in [-0.05, 0) is 60.2 Å². The molecule has 2 atom stereocenters. The number of ether oxygens (including phenoxy) is 2. The molecule has 11 heteroatoms. The number of halogens is 3. The summed E-state index contributed by atoms with van der Waals surface area (Å²) in [7, 11) is 0. The smallest absolute Gasteiger partial charge is 0.321 e. The zero-order valence-electron chi connectivity index (χ0n) is 20.7. The molecule has 1 saturated heterocycles. The van der Waals surface area contributed by atoms with E-state index in [1.54, 1.807) is 59.4 Å². The standard InChI is InChI=1S/C28H23F3N4O4/c1-28(30,31)27(37)33-21-14-25(36)34(26(21)16-2-9-23-24(13-16)39-11-10-38-23)20-7-8-22-17(12-20)15-32-35(22)19-5-3-18(29)4-6-19/h2-9,12-13,15,21,26H,10-11,14H2,1H3,(H,33,37)/t21-,26?/m1/s1. The molecule has 0 bridgehead atoms. The monoisotopic (exact) mass is 536 g/mol. The number of hydrogen-bond acceptors (Lipinski definition) is 5. The van der Waals surface area contributed by atoms with Gasteiger partial charge in [-0.15, -0.1) is 0 Å². The average molecular weight is 537 g/mol. The van der Waals surface area contributed by atoms with E-state index in [9.17, 15) is 22.8 Å². The predicted octanol–water partition coefficient (Wildman–Crippen LogP) is 4.55. The van der Waals surface area contributed by atoms with Gasteiger partial charge in [0, 0.05) is 24.4 Å². The first-order chi connectivity index (χ1) is 18.7. The summed E-state index contributed by atoms with van der Waals surface area (Å²) in [6.45, 7) is 1.26. The zero-order valence-corrected chi connectivity index (χ0v) is 20.7. The van der Waals surface area contributed by atoms with Crippen LogP contribution in [0.5, 0.6) is 11.5 Å². The fraction of sp³-hybridized carbons (Fsp3) is 0.250. The van der Waals surface area contributed by atoms with Crippen molar-refractivity contribution in [2.24, 2.45) is 0 Å². The molecule has 39 heavy (non-hydrogen) atoms. The normalized spacial score (nSPS) is 19.0. The highest BCUT2D eigenvalue weighted by Crippen LogP contribution is 2.42. The van der Waals surface area contributed by atoms with Gasteiger partial charge >= 0.3 is 5.92 Å². The van der Waals surface area contributed by atoms with Gasteiger partial charge in [-0.25, -0.2) is 9.07 Å². The van der Waals surface area contributed by atoms with Gasteiger partial charge in [-0.3, -0.25) is 9.59 Å². The molecule has 0 saturated carbocycles. The SMILES string of the molecule is CC(F)(F)C(=O)N[C@@H]1CC(=O)N(c2ccc3c(cnn3-c3ccc(F)cc3)c2)C1c1ccc2c(c1)OCCO2. The Morgan fingerprint density at radius 1 is 1.00 bits per heavy atom. The van der Waals surface area contributed by atoms with Crippen molar-refractivity contribution in [2.45, 2.75) is 31.4 Å². The van der Waals surface area contributed by atoms with Crippen molar-refractivity contribution in [1.82, 2.24) is 15.1 Å². The van der Waals surface area contributed by atoms with E-state index in [4.69, 9.17) is 9.47 Å². The minimum absolute atomic E-state index is 0.173. The number of carbonyl (C=O) groups is 2. The summed E-state index contributed by atoms with van der Waals surface area (Å²) in [5.41, 5.74) is 2.49. The molecule has 3 aromatic carbocycles. The summed E-state index contributed by atoms with van der Waals surface area (Å²) in [5, 5.41) is 7.49. The molecular weight excluding hydrogens is 513 g/mol. The third-order valence-electron chi connectivity index (χ3n) is 6.85. The maximum absolute atomic E-state index is 13.8. The number of hydrogen-bond donors (Lipinski definition) is 1. The minimum Gasteiger partial charge on any atom is -0.486 e. The molecule has 4 aromatic rings. The van der Waals surface area contributed by atoms with Crippen molar-refractivity contribution in [3.8, 4) is 17.2 Å². The molecule has 6 rings (SSSR count). The molecule has 1 N–H and O–H groups in total. The molecule has 2 aliphatic heterocycles. The van der Waals surface area contributed by atoms with Crippen LogP contribution < -0.4 is 19.7 Å². The summed E-state index contributed by atoms with van der Waals surface area (Å²) in [4.78, 5) is 27.1. The molecule has 0 aliphatic carbocycles. The molecule has 8 nitrogen and oxygen atoms in total. The summed E-state index contributed by atoms with van der Waals surface area (Å²) < 4.78 is 54.0. The van der Waals surface area contributed by atoms with Gasteiger partial charge in [0.15, 0.2) is 11.5 Å². The van der Waals surface area contributed by atoms with Crippen LogP contribution in [0.2, 0.25) is 0 Å². The zero-order chi connectivity index (χ0) is 27.3. The summed E-state index contributed by atoms with van der Waals surface area (Å²) in [6.07, 6.45) is 1.45. The molecular formula is C28H23F3N4O4. The Labute approximate surface area is 220 Å². The number of alkyl halides is 2. The van der Waals surface area contributed by atoms with Gasteiger partial charge in [-0.1, -0.05) is 6.07 Å². The number of nitrogens with one attached hydrogen (secondary N) is 1. The van der Waals surface area contributed by atoms with Crippen molar-refractivity contribution in [3.63, 3.8) is 0 Å². The molecule has 2 aliphatic rings. The maximum atomic E-state index is 13.8. The van der Waals surface area contributed by atoms with E-state index in [-0.39, 0.29) is 18.1 Å². The van der Waals surface area contributed by atoms with Crippen LogP contribution in [-0.2, 0) is 9.59 Å². The second-order valence-electron chi connectivity index (χ2n) is 9.56. The van der Waals surface area contributed by atoms with Gasteiger partial charge in [-0.2, -0.15) is 13.9 Å². The first-order valence-corrected chi connectivity index (χ1v) is 12.3. The third-order valence-corrected chi connectivity index (χ3v) is 6.85. The minimum atomic E-state index is -3.61. The van der Waals surface area contributed by atoms with Crippen molar-refractivity contribution in [2.75, 3.05) is 18.1 Å². The van der Waals surface area contributed by atoms with Crippen LogP contribution in [0, 0.1) is 5.82 Å². The van der Waals surface area contributed by atoms with E-state index in [0.29, 0.717) is 54.0 Å². The van der Waals surface area contributed by atoms with Crippen molar-refractivity contribution in [3.05, 3.63) is 78.2 Å². The number of anilines is 1. The first kappa shape index (κ1) is 24.8. The van der Waals surface area contributed by atoms with Crippen molar-refractivity contribution in [1.29, 1.82) is 0 Å². The molecule has 1 aromatic heterocycles. The quantitative estimate of drug-likeness (QED) is 0.405. The molecule has 200 valence electrons. The molecule has 0 spiro atoms. The van der Waals surface area contributed by atoms with Gasteiger partial charge in [0.1, 0.15) is 19.0 Å². The van der Waals surface area contributed by atoms with Gasteiger partial charge in [0.05, 0.1) is 29.5 Å². The van der Waals surface area contributed by atoms with Gasteiger partial charge < -0.3 is 19.7 Å². The lowest BCUT2D eigenvalue weighted by molar-refractivity contribution is -0.143. The van der Waals surface area contributed by atoms with Crippen molar-refractivity contribution < 1.29 is 32.2 Å². The highest BCUT2D eigenvalue weighted by molar-refractivity contribution is 6.00. The predicted molar refractivity (Wildman–Crippen MR) is 136 cm³/mol. The van der Waals surface area contributed by atoms with Gasteiger partial charge in [0.25, 0.3) is 5.91 Å². The number of aromatic nitrogens is 2. The topological polar surface area (TPSA) is 85.7 Å². The second kappa shape index (κ2) is 9.33. The number of benzene rings is 3. The van der Waals surface area contributed by atoms with Crippen molar-refractivity contribution >= 4 is 28.4 Å². The first-order valence-electron chi connectivity index (χ1n) is 12.3. The number of nitrogens with zero attached hydrogens (tertiary/aromatic N) is 3. The van der Waals surface area contributed by atoms with Crippen LogP contribution in [0.15, 0.2) is 66.9 Å².